The molecular weight excluding hydrogens is 396 g/mol. The van der Waals surface area contributed by atoms with Crippen molar-refractivity contribution in [1.29, 1.82) is 0 Å². The SMILES string of the molecule is O=C(OCc1nc(-c2ccc(Cl)cc2)no1)c1ccc(OC[C@@H]2CCCO2)cc1. The second kappa shape index (κ2) is 9.07. The summed E-state index contributed by atoms with van der Waals surface area (Å²) in [5.74, 6) is 0.809. The summed E-state index contributed by atoms with van der Waals surface area (Å²) in [5.41, 5.74) is 1.17. The predicted octanol–water partition coefficient (Wildman–Crippen LogP) is 4.30. The molecule has 29 heavy (non-hydrogen) atoms. The summed E-state index contributed by atoms with van der Waals surface area (Å²) >= 11 is 5.87. The molecule has 0 bridgehead atoms. The van der Waals surface area contributed by atoms with E-state index < -0.39 is 5.97 Å². The summed E-state index contributed by atoms with van der Waals surface area (Å²) in [6, 6.07) is 13.8. The Morgan fingerprint density at radius 3 is 2.66 bits per heavy atom. The Labute approximate surface area is 172 Å². The van der Waals surface area contributed by atoms with E-state index >= 15 is 0 Å². The molecule has 2 aromatic carbocycles. The topological polar surface area (TPSA) is 83.7 Å². The molecule has 0 radical (unpaired) electrons. The Morgan fingerprint density at radius 2 is 1.93 bits per heavy atom. The van der Waals surface area contributed by atoms with Crippen molar-refractivity contribution >= 4 is 17.6 Å². The van der Waals surface area contributed by atoms with E-state index in [1.807, 2.05) is 0 Å². The van der Waals surface area contributed by atoms with Gasteiger partial charge >= 0.3 is 5.97 Å². The van der Waals surface area contributed by atoms with E-state index in [2.05, 4.69) is 10.1 Å². The number of esters is 1. The predicted molar refractivity (Wildman–Crippen MR) is 105 cm³/mol. The van der Waals surface area contributed by atoms with Gasteiger partial charge < -0.3 is 18.7 Å². The Hall–Kier alpha value is -2.90. The van der Waals surface area contributed by atoms with Crippen LogP contribution in [0.5, 0.6) is 5.75 Å². The number of hydrogen-bond acceptors (Lipinski definition) is 7. The van der Waals surface area contributed by atoms with Crippen LogP contribution in [0.25, 0.3) is 11.4 Å². The molecule has 0 aliphatic carbocycles. The second-order valence-corrected chi connectivity index (χ2v) is 7.00. The third-order valence-electron chi connectivity index (χ3n) is 4.45. The number of aromatic nitrogens is 2. The average molecular weight is 415 g/mol. The Kier molecular flexibility index (Phi) is 6.07. The van der Waals surface area contributed by atoms with Crippen molar-refractivity contribution in [2.24, 2.45) is 0 Å². The number of hydrogen-bond donors (Lipinski definition) is 0. The molecule has 1 fully saturated rings. The van der Waals surface area contributed by atoms with Crippen molar-refractivity contribution < 1.29 is 23.5 Å². The molecule has 1 saturated heterocycles. The lowest BCUT2D eigenvalue weighted by Gasteiger charge is -2.11. The third kappa shape index (κ3) is 5.13. The van der Waals surface area contributed by atoms with Gasteiger partial charge in [-0.2, -0.15) is 4.98 Å². The van der Waals surface area contributed by atoms with Crippen LogP contribution < -0.4 is 4.74 Å². The van der Waals surface area contributed by atoms with E-state index in [1.54, 1.807) is 48.5 Å². The molecule has 1 aliphatic rings. The van der Waals surface area contributed by atoms with Gasteiger partial charge in [-0.3, -0.25) is 0 Å². The van der Waals surface area contributed by atoms with E-state index in [9.17, 15) is 4.79 Å². The summed E-state index contributed by atoms with van der Waals surface area (Å²) in [6.45, 7) is 1.19. The Bertz CT molecular complexity index is 950. The zero-order valence-corrected chi connectivity index (χ0v) is 16.3. The number of ether oxygens (including phenoxy) is 3. The van der Waals surface area contributed by atoms with E-state index in [1.165, 1.54) is 0 Å². The molecule has 0 spiro atoms. The van der Waals surface area contributed by atoms with Gasteiger partial charge in [0.25, 0.3) is 5.89 Å². The highest BCUT2D eigenvalue weighted by Gasteiger charge is 2.16. The summed E-state index contributed by atoms with van der Waals surface area (Å²) in [5, 5.41) is 4.50. The average Bonchev–Trinajstić information content (AvgIpc) is 3.44. The van der Waals surface area contributed by atoms with Crippen LogP contribution in [0, 0.1) is 0 Å². The van der Waals surface area contributed by atoms with Gasteiger partial charge in [-0.25, -0.2) is 4.79 Å². The number of benzene rings is 2. The standard InChI is InChI=1S/C21H19ClN2O5/c22-16-7-3-14(4-8-16)20-23-19(29-24-20)13-28-21(25)15-5-9-17(10-6-15)27-12-18-2-1-11-26-18/h3-10,18H,1-2,11-13H2/t18-/m0/s1. The molecule has 0 saturated carbocycles. The molecule has 7 nitrogen and oxygen atoms in total. The van der Waals surface area contributed by atoms with Crippen molar-refractivity contribution in [2.45, 2.75) is 25.6 Å². The third-order valence-corrected chi connectivity index (χ3v) is 4.70. The maximum atomic E-state index is 12.2. The molecule has 8 heteroatoms. The first-order valence-electron chi connectivity index (χ1n) is 9.27. The smallest absolute Gasteiger partial charge is 0.338 e. The molecule has 3 aromatic rings. The largest absolute Gasteiger partial charge is 0.491 e. The first-order valence-corrected chi connectivity index (χ1v) is 9.65. The van der Waals surface area contributed by atoms with Crippen molar-refractivity contribution in [3.05, 3.63) is 65.0 Å². The molecule has 4 rings (SSSR count). The van der Waals surface area contributed by atoms with Crippen LogP contribution in [0.15, 0.2) is 53.1 Å². The van der Waals surface area contributed by atoms with Gasteiger partial charge in [0.2, 0.25) is 5.82 Å². The minimum absolute atomic E-state index is 0.114. The highest BCUT2D eigenvalue weighted by atomic mass is 35.5. The quantitative estimate of drug-likeness (QED) is 0.533. The molecule has 1 atom stereocenters. The first kappa shape index (κ1) is 19.4. The monoisotopic (exact) mass is 414 g/mol. The lowest BCUT2D eigenvalue weighted by molar-refractivity contribution is 0.0429. The fourth-order valence-electron chi connectivity index (χ4n) is 2.89. The number of rotatable bonds is 7. The van der Waals surface area contributed by atoms with Gasteiger partial charge in [-0.05, 0) is 61.4 Å². The Balaban J connectivity index is 1.28. The number of carbonyl (C=O) groups excluding carboxylic acids is 1. The maximum Gasteiger partial charge on any atom is 0.338 e. The summed E-state index contributed by atoms with van der Waals surface area (Å²) in [4.78, 5) is 16.4. The van der Waals surface area contributed by atoms with Crippen molar-refractivity contribution in [2.75, 3.05) is 13.2 Å². The van der Waals surface area contributed by atoms with Gasteiger partial charge in [-0.1, -0.05) is 16.8 Å². The highest BCUT2D eigenvalue weighted by Crippen LogP contribution is 2.20. The zero-order chi connectivity index (χ0) is 20.1. The van der Waals surface area contributed by atoms with Crippen LogP contribution in [-0.2, 0) is 16.1 Å². The normalized spacial score (nSPS) is 16.0. The molecule has 2 heterocycles. The van der Waals surface area contributed by atoms with E-state index in [0.29, 0.717) is 28.8 Å². The lowest BCUT2D eigenvalue weighted by atomic mass is 10.2. The van der Waals surface area contributed by atoms with Crippen LogP contribution in [0.2, 0.25) is 5.02 Å². The molecule has 0 unspecified atom stereocenters. The maximum absolute atomic E-state index is 12.2. The Morgan fingerprint density at radius 1 is 1.14 bits per heavy atom. The minimum Gasteiger partial charge on any atom is -0.491 e. The minimum atomic E-state index is -0.484. The molecule has 0 amide bonds. The van der Waals surface area contributed by atoms with Gasteiger partial charge in [0.05, 0.1) is 11.7 Å². The van der Waals surface area contributed by atoms with Gasteiger partial charge in [0, 0.05) is 17.2 Å². The van der Waals surface area contributed by atoms with Crippen molar-refractivity contribution in [1.82, 2.24) is 10.1 Å². The van der Waals surface area contributed by atoms with Crippen LogP contribution >= 0.6 is 11.6 Å². The van der Waals surface area contributed by atoms with Gasteiger partial charge in [-0.15, -0.1) is 0 Å². The number of nitrogens with zero attached hydrogens (tertiary/aromatic N) is 2. The number of carbonyl (C=O) groups is 1. The van der Waals surface area contributed by atoms with E-state index in [-0.39, 0.29) is 18.6 Å². The van der Waals surface area contributed by atoms with Crippen LogP contribution in [0.4, 0.5) is 0 Å². The van der Waals surface area contributed by atoms with Crippen LogP contribution in [0.3, 0.4) is 0 Å². The highest BCUT2D eigenvalue weighted by molar-refractivity contribution is 6.30. The lowest BCUT2D eigenvalue weighted by Crippen LogP contribution is -2.16. The summed E-state index contributed by atoms with van der Waals surface area (Å²) < 4.78 is 21.6. The van der Waals surface area contributed by atoms with E-state index in [0.717, 1.165) is 25.0 Å². The van der Waals surface area contributed by atoms with Crippen molar-refractivity contribution in [3.63, 3.8) is 0 Å². The summed E-state index contributed by atoms with van der Waals surface area (Å²) in [6.07, 6.45) is 2.23. The zero-order valence-electron chi connectivity index (χ0n) is 15.5. The van der Waals surface area contributed by atoms with Gasteiger partial charge in [0.1, 0.15) is 12.4 Å². The second-order valence-electron chi connectivity index (χ2n) is 6.57. The molecule has 0 N–H and O–H groups in total. The molecule has 150 valence electrons. The molecular formula is C21H19ClN2O5. The summed E-state index contributed by atoms with van der Waals surface area (Å²) in [7, 11) is 0. The van der Waals surface area contributed by atoms with E-state index in [4.69, 9.17) is 30.3 Å². The van der Waals surface area contributed by atoms with Crippen LogP contribution in [0.1, 0.15) is 29.1 Å². The van der Waals surface area contributed by atoms with Crippen LogP contribution in [-0.4, -0.2) is 35.4 Å². The molecule has 1 aliphatic heterocycles. The van der Waals surface area contributed by atoms with Crippen molar-refractivity contribution in [3.8, 4) is 17.1 Å². The van der Waals surface area contributed by atoms with Gasteiger partial charge in [0.15, 0.2) is 6.61 Å². The fourth-order valence-corrected chi connectivity index (χ4v) is 3.02. The molecule has 1 aromatic heterocycles. The first-order chi connectivity index (χ1) is 14.2. The number of halogens is 1. The fraction of sp³-hybridized carbons (Fsp3) is 0.286.